The second-order valence-electron chi connectivity index (χ2n) is 3.86. The highest BCUT2D eigenvalue weighted by Crippen LogP contribution is 2.47. The molecule has 0 heterocycles. The van der Waals surface area contributed by atoms with Crippen LogP contribution in [0.5, 0.6) is 5.75 Å². The molecule has 0 spiro atoms. The minimum atomic E-state index is -0.544. The first-order chi connectivity index (χ1) is 6.74. The molecular weight excluding hydrogens is 176 g/mol. The predicted molar refractivity (Wildman–Crippen MR) is 55.0 cm³/mol. The van der Waals surface area contributed by atoms with Crippen molar-refractivity contribution in [3.05, 3.63) is 36.2 Å². The highest BCUT2D eigenvalue weighted by molar-refractivity contribution is 5.45. The maximum Gasteiger partial charge on any atom is 0.119 e. The highest BCUT2D eigenvalue weighted by Gasteiger charge is 2.30. The van der Waals surface area contributed by atoms with Gasteiger partial charge in [-0.05, 0) is 36.8 Å². The largest absolute Gasteiger partial charge is 0.508 e. The maximum atomic E-state index is 9.74. The van der Waals surface area contributed by atoms with E-state index in [0.717, 1.165) is 24.0 Å². The number of hydrogen-bond acceptors (Lipinski definition) is 2. The van der Waals surface area contributed by atoms with E-state index < -0.39 is 6.10 Å². The number of phenolic OH excluding ortho intramolecular Hbond substituents is 1. The molecule has 1 aromatic rings. The van der Waals surface area contributed by atoms with E-state index >= 15 is 0 Å². The zero-order valence-corrected chi connectivity index (χ0v) is 8.11. The Balaban J connectivity index is 2.41. The van der Waals surface area contributed by atoms with Crippen LogP contribution in [0.25, 0.3) is 0 Å². The first-order valence-corrected chi connectivity index (χ1v) is 5.03. The molecule has 1 radical (unpaired) electrons. The molecule has 1 aliphatic carbocycles. The minimum absolute atomic E-state index is 0.317. The third kappa shape index (κ3) is 1.62. The van der Waals surface area contributed by atoms with E-state index in [2.05, 4.69) is 6.92 Å². The lowest BCUT2D eigenvalue weighted by Gasteiger charge is -2.14. The summed E-state index contributed by atoms with van der Waals surface area (Å²) in [6.45, 7) is 3.68. The molecule has 1 unspecified atom stereocenters. The second-order valence-corrected chi connectivity index (χ2v) is 3.86. The Morgan fingerprint density at radius 3 is 2.71 bits per heavy atom. The lowest BCUT2D eigenvalue weighted by Crippen LogP contribution is -2.00. The summed E-state index contributed by atoms with van der Waals surface area (Å²) in [6.07, 6.45) is 2.14. The molecule has 1 aromatic carbocycles. The third-order valence-corrected chi connectivity index (χ3v) is 2.73. The zero-order chi connectivity index (χ0) is 10.1. The van der Waals surface area contributed by atoms with Crippen molar-refractivity contribution in [1.82, 2.24) is 0 Å². The first-order valence-electron chi connectivity index (χ1n) is 5.03. The van der Waals surface area contributed by atoms with Crippen molar-refractivity contribution in [1.29, 1.82) is 0 Å². The number of phenols is 1. The summed E-state index contributed by atoms with van der Waals surface area (Å²) in [6, 6.07) is 5.34. The van der Waals surface area contributed by atoms with E-state index in [1.165, 1.54) is 0 Å². The molecule has 14 heavy (non-hydrogen) atoms. The molecule has 2 rings (SSSR count). The summed E-state index contributed by atoms with van der Waals surface area (Å²) in [5, 5.41) is 19.5. The van der Waals surface area contributed by atoms with Gasteiger partial charge in [-0.2, -0.15) is 0 Å². The summed E-state index contributed by atoms with van der Waals surface area (Å²) in [5.41, 5.74) is 1.78. The van der Waals surface area contributed by atoms with Gasteiger partial charge in [-0.1, -0.05) is 19.1 Å². The lowest BCUT2D eigenvalue weighted by molar-refractivity contribution is 0.179. The molecule has 0 bridgehead atoms. The van der Waals surface area contributed by atoms with Crippen molar-refractivity contribution < 1.29 is 10.2 Å². The van der Waals surface area contributed by atoms with Crippen molar-refractivity contribution in [3.8, 4) is 5.75 Å². The highest BCUT2D eigenvalue weighted by atomic mass is 16.3. The van der Waals surface area contributed by atoms with Crippen LogP contribution >= 0.6 is 0 Å². The Kier molecular flexibility index (Phi) is 2.46. The number of aliphatic hydroxyl groups is 1. The third-order valence-electron chi connectivity index (χ3n) is 2.73. The molecule has 0 aromatic heterocycles. The Morgan fingerprint density at radius 1 is 1.43 bits per heavy atom. The molecule has 2 heteroatoms. The van der Waals surface area contributed by atoms with Crippen LogP contribution in [0.3, 0.4) is 0 Å². The van der Waals surface area contributed by atoms with E-state index in [0.29, 0.717) is 18.1 Å². The van der Waals surface area contributed by atoms with Crippen LogP contribution in [0.2, 0.25) is 0 Å². The Hall–Kier alpha value is -1.02. The van der Waals surface area contributed by atoms with Crippen molar-refractivity contribution in [2.45, 2.75) is 31.3 Å². The topological polar surface area (TPSA) is 40.5 Å². The van der Waals surface area contributed by atoms with Crippen LogP contribution in [-0.4, -0.2) is 10.2 Å². The molecule has 75 valence electrons. The van der Waals surface area contributed by atoms with Crippen molar-refractivity contribution in [2.75, 3.05) is 0 Å². The zero-order valence-electron chi connectivity index (χ0n) is 8.11. The fourth-order valence-corrected chi connectivity index (χ4v) is 1.83. The average molecular weight is 191 g/mol. The molecule has 2 nitrogen and oxygen atoms in total. The Labute approximate surface area is 84.2 Å². The van der Waals surface area contributed by atoms with Gasteiger partial charge in [0.1, 0.15) is 5.75 Å². The standard InChI is InChI=1S/C12H15O2/c1-2-10(13)9-4-3-5-11(14)12(9)8-6-7-8/h3-5,8,10,13-14H,1-2,6-7H2. The van der Waals surface area contributed by atoms with Gasteiger partial charge >= 0.3 is 0 Å². The van der Waals surface area contributed by atoms with Crippen LogP contribution < -0.4 is 0 Å². The molecule has 0 amide bonds. The van der Waals surface area contributed by atoms with E-state index in [4.69, 9.17) is 0 Å². The fraction of sp³-hybridized carbons (Fsp3) is 0.417. The maximum absolute atomic E-state index is 9.74. The predicted octanol–water partition coefficient (Wildman–Crippen LogP) is 2.53. The first kappa shape index (κ1) is 9.53. The van der Waals surface area contributed by atoms with Gasteiger partial charge < -0.3 is 10.2 Å². The van der Waals surface area contributed by atoms with Crippen LogP contribution in [0.4, 0.5) is 0 Å². The summed E-state index contributed by atoms with van der Waals surface area (Å²) in [4.78, 5) is 0. The van der Waals surface area contributed by atoms with Gasteiger partial charge in [0, 0.05) is 5.56 Å². The van der Waals surface area contributed by atoms with Crippen molar-refractivity contribution in [3.63, 3.8) is 0 Å². The molecule has 0 aliphatic heterocycles. The van der Waals surface area contributed by atoms with Crippen LogP contribution in [0, 0.1) is 6.92 Å². The SMILES string of the molecule is [CH2]CC(O)c1cccc(O)c1C1CC1. The lowest BCUT2D eigenvalue weighted by atomic mass is 9.96. The minimum Gasteiger partial charge on any atom is -0.508 e. The van der Waals surface area contributed by atoms with Gasteiger partial charge in [-0.3, -0.25) is 0 Å². The van der Waals surface area contributed by atoms with Crippen LogP contribution in [-0.2, 0) is 0 Å². The molecule has 1 saturated carbocycles. The number of aliphatic hydroxyl groups excluding tert-OH is 1. The number of hydrogen-bond donors (Lipinski definition) is 2. The van der Waals surface area contributed by atoms with Gasteiger partial charge in [0.15, 0.2) is 0 Å². The van der Waals surface area contributed by atoms with E-state index in [1.807, 2.05) is 6.07 Å². The van der Waals surface area contributed by atoms with E-state index in [9.17, 15) is 10.2 Å². The second kappa shape index (κ2) is 3.62. The van der Waals surface area contributed by atoms with Gasteiger partial charge in [0.25, 0.3) is 0 Å². The monoisotopic (exact) mass is 191 g/mol. The molecule has 0 saturated heterocycles. The number of rotatable bonds is 3. The summed E-state index contributed by atoms with van der Waals surface area (Å²) in [7, 11) is 0. The molecular formula is C12H15O2. The molecule has 1 aliphatic rings. The summed E-state index contributed by atoms with van der Waals surface area (Å²) >= 11 is 0. The van der Waals surface area contributed by atoms with Crippen molar-refractivity contribution in [2.24, 2.45) is 0 Å². The average Bonchev–Trinajstić information content (AvgIpc) is 3.00. The van der Waals surface area contributed by atoms with Gasteiger partial charge in [-0.25, -0.2) is 0 Å². The Bertz CT molecular complexity index is 329. The van der Waals surface area contributed by atoms with Gasteiger partial charge in [0.2, 0.25) is 0 Å². The molecule has 2 N–H and O–H groups in total. The van der Waals surface area contributed by atoms with Gasteiger partial charge in [0.05, 0.1) is 6.10 Å². The van der Waals surface area contributed by atoms with Crippen LogP contribution in [0.15, 0.2) is 18.2 Å². The normalized spacial score (nSPS) is 18.1. The van der Waals surface area contributed by atoms with E-state index in [-0.39, 0.29) is 0 Å². The van der Waals surface area contributed by atoms with Crippen molar-refractivity contribution >= 4 is 0 Å². The number of benzene rings is 1. The van der Waals surface area contributed by atoms with E-state index in [1.54, 1.807) is 12.1 Å². The van der Waals surface area contributed by atoms with Gasteiger partial charge in [-0.15, -0.1) is 0 Å². The summed E-state index contributed by atoms with van der Waals surface area (Å²) < 4.78 is 0. The quantitative estimate of drug-likeness (QED) is 0.770. The Morgan fingerprint density at radius 2 is 2.14 bits per heavy atom. The van der Waals surface area contributed by atoms with Crippen LogP contribution in [0.1, 0.15) is 42.4 Å². The smallest absolute Gasteiger partial charge is 0.119 e. The summed E-state index contributed by atoms with van der Waals surface area (Å²) in [5.74, 6) is 0.768. The number of aromatic hydroxyl groups is 1. The fourth-order valence-electron chi connectivity index (χ4n) is 1.83. The molecule has 1 fully saturated rings. The molecule has 1 atom stereocenters.